The zero-order valence-electron chi connectivity index (χ0n) is 25.1. The van der Waals surface area contributed by atoms with Crippen molar-refractivity contribution in [2.75, 3.05) is 26.2 Å². The van der Waals surface area contributed by atoms with Crippen LogP contribution in [0.2, 0.25) is 0 Å². The first-order valence-electron chi connectivity index (χ1n) is 16.6. The van der Waals surface area contributed by atoms with Gasteiger partial charge in [0.1, 0.15) is 17.7 Å². The Morgan fingerprint density at radius 2 is 1.72 bits per heavy atom. The van der Waals surface area contributed by atoms with Crippen molar-refractivity contribution in [3.05, 3.63) is 83.0 Å². The predicted molar refractivity (Wildman–Crippen MR) is 171 cm³/mol. The topological polar surface area (TPSA) is 95.0 Å². The van der Waals surface area contributed by atoms with Gasteiger partial charge in [-0.3, -0.25) is 4.98 Å². The van der Waals surface area contributed by atoms with Crippen LogP contribution >= 0.6 is 0 Å². The quantitative estimate of drug-likeness (QED) is 0.186. The van der Waals surface area contributed by atoms with E-state index in [1.165, 1.54) is 0 Å². The molecule has 6 heterocycles. The van der Waals surface area contributed by atoms with Crippen LogP contribution < -0.4 is 0 Å². The highest BCUT2D eigenvalue weighted by Crippen LogP contribution is 2.64. The molecule has 7 nitrogen and oxygen atoms in total. The number of hydrogen-bond donors (Lipinski definition) is 2. The maximum absolute atomic E-state index is 15.4. The van der Waals surface area contributed by atoms with Crippen LogP contribution in [0.25, 0.3) is 27.4 Å². The molecular formula is C36H44N4O3. The van der Waals surface area contributed by atoms with E-state index in [1.54, 1.807) is 0 Å². The number of nitrogens with one attached hydrogen (secondary N) is 1. The van der Waals surface area contributed by atoms with Crippen molar-refractivity contribution in [2.24, 2.45) is 11.3 Å². The maximum Gasteiger partial charge on any atom is 0.136 e. The number of aromatic nitrogens is 2. The van der Waals surface area contributed by atoms with E-state index in [-0.39, 0.29) is 16.6 Å². The molecule has 8 rings (SSSR count). The van der Waals surface area contributed by atoms with Gasteiger partial charge in [0, 0.05) is 41.2 Å². The molecule has 43 heavy (non-hydrogen) atoms. The summed E-state index contributed by atoms with van der Waals surface area (Å²) in [6.45, 7) is 2.04. The average Bonchev–Trinajstić information content (AvgIpc) is 3.47. The zero-order valence-corrected chi connectivity index (χ0v) is 25.1. The molecule has 1 spiro atoms. The van der Waals surface area contributed by atoms with Crippen LogP contribution in [0.3, 0.4) is 0 Å². The van der Waals surface area contributed by atoms with E-state index in [4.69, 9.17) is 4.98 Å². The van der Waals surface area contributed by atoms with E-state index >= 15 is 5.21 Å². The van der Waals surface area contributed by atoms with E-state index in [1.807, 2.05) is 12.3 Å². The lowest BCUT2D eigenvalue weighted by atomic mass is 9.54. The van der Waals surface area contributed by atoms with E-state index < -0.39 is 21.7 Å². The standard InChI is InChI=1S/C36H44N4O3/c41-36-18-10-4-1-2-5-11-20-39(42)22-17-30(35(25-39)23-26-13-7-3-6-12-21-40(26,43)34(35)36)29(24-36)32-33-28(16-19-37-32)27-14-8-9-15-31(27)38-33/h1,4,7-9,13-16,19,24,26,30,34,38,41H,2-3,5-6,10-12,17-18,20-23,25H2/b4-1-,13-7-/t26-,30-,34+,35-,36-,39?,40+/m0/s1. The smallest absolute Gasteiger partial charge is 0.136 e. The lowest BCUT2D eigenvalue weighted by molar-refractivity contribution is -0.932. The summed E-state index contributed by atoms with van der Waals surface area (Å²) in [5.41, 5.74) is 2.00. The summed E-state index contributed by atoms with van der Waals surface area (Å²) < 4.78 is -0.651. The van der Waals surface area contributed by atoms with Gasteiger partial charge in [-0.1, -0.05) is 36.4 Å². The maximum atomic E-state index is 15.4. The van der Waals surface area contributed by atoms with E-state index in [2.05, 4.69) is 59.6 Å². The Morgan fingerprint density at radius 1 is 0.907 bits per heavy atom. The van der Waals surface area contributed by atoms with Gasteiger partial charge >= 0.3 is 0 Å². The second-order valence-corrected chi connectivity index (χ2v) is 14.3. The number of piperidine rings is 1. The van der Waals surface area contributed by atoms with Crippen molar-refractivity contribution in [2.45, 2.75) is 81.9 Å². The molecular weight excluding hydrogens is 536 g/mol. The van der Waals surface area contributed by atoms with Crippen molar-refractivity contribution < 1.29 is 14.4 Å². The SMILES string of the molecule is [O-][N+]12CCCC/C=C\CC[C@]3(O)C=C(c4nccc5c4[nH]c4ccccc45)[C@H](CC1)[C@]1(C[C@@H]4/C=C\CCCC[N@+]4([O-])[C@H]13)C2. The van der Waals surface area contributed by atoms with Crippen LogP contribution in [0, 0.1) is 21.7 Å². The van der Waals surface area contributed by atoms with E-state index in [0.717, 1.165) is 78.0 Å². The molecule has 3 aromatic rings. The third-order valence-electron chi connectivity index (χ3n) is 11.7. The van der Waals surface area contributed by atoms with Crippen LogP contribution in [0.15, 0.2) is 66.9 Å². The Kier molecular flexibility index (Phi) is 6.52. The van der Waals surface area contributed by atoms with Gasteiger partial charge in [-0.05, 0) is 81.2 Å². The highest BCUT2D eigenvalue weighted by molar-refractivity contribution is 6.09. The second kappa shape index (κ2) is 10.1. The molecule has 5 aliphatic rings. The fourth-order valence-electron chi connectivity index (χ4n) is 10.2. The second-order valence-electron chi connectivity index (χ2n) is 14.3. The Hall–Kier alpha value is -2.81. The number of hydroxylamine groups is 6. The molecule has 1 aliphatic carbocycles. The molecule has 2 N–H and O–H groups in total. The van der Waals surface area contributed by atoms with Gasteiger partial charge in [-0.25, -0.2) is 0 Å². The molecule has 7 heteroatoms. The fraction of sp³-hybridized carbons (Fsp3) is 0.528. The number of aliphatic hydroxyl groups is 1. The molecule has 1 unspecified atom stereocenters. The summed E-state index contributed by atoms with van der Waals surface area (Å²) in [4.78, 5) is 8.66. The number of H-pyrrole nitrogens is 1. The molecule has 7 atom stereocenters. The summed E-state index contributed by atoms with van der Waals surface area (Å²) in [7, 11) is 0. The monoisotopic (exact) mass is 580 g/mol. The predicted octanol–water partition coefficient (Wildman–Crippen LogP) is 6.88. The summed E-state index contributed by atoms with van der Waals surface area (Å²) in [6.07, 6.45) is 20.9. The van der Waals surface area contributed by atoms with E-state index in [9.17, 15) is 10.3 Å². The number of pyridine rings is 1. The molecule has 3 bridgehead atoms. The largest absolute Gasteiger partial charge is 0.633 e. The lowest BCUT2D eigenvalue weighted by Crippen LogP contribution is -2.72. The molecule has 1 aromatic carbocycles. The number of allylic oxidation sites excluding steroid dienone is 4. The number of rotatable bonds is 1. The summed E-state index contributed by atoms with van der Waals surface area (Å²) in [6, 6.07) is 9.60. The number of aromatic amines is 1. The van der Waals surface area contributed by atoms with Crippen LogP contribution in [-0.2, 0) is 0 Å². The number of benzene rings is 1. The zero-order chi connectivity index (χ0) is 29.3. The van der Waals surface area contributed by atoms with Gasteiger partial charge in [0.05, 0.1) is 42.8 Å². The van der Waals surface area contributed by atoms with Gasteiger partial charge in [0.15, 0.2) is 0 Å². The van der Waals surface area contributed by atoms with Crippen molar-refractivity contribution in [3.8, 4) is 0 Å². The molecule has 2 fully saturated rings. The molecule has 4 aliphatic heterocycles. The highest BCUT2D eigenvalue weighted by Gasteiger charge is 2.73. The average molecular weight is 581 g/mol. The minimum Gasteiger partial charge on any atom is -0.633 e. The van der Waals surface area contributed by atoms with Gasteiger partial charge in [0.2, 0.25) is 0 Å². The summed E-state index contributed by atoms with van der Waals surface area (Å²) in [5.74, 6) is -0.00578. The first-order chi connectivity index (χ1) is 20.9. The first-order valence-corrected chi connectivity index (χ1v) is 16.6. The third kappa shape index (κ3) is 4.23. The summed E-state index contributed by atoms with van der Waals surface area (Å²) >= 11 is 0. The molecule has 0 radical (unpaired) electrons. The van der Waals surface area contributed by atoms with Crippen molar-refractivity contribution in [1.29, 1.82) is 0 Å². The molecule has 2 aromatic heterocycles. The Labute approximate surface area is 253 Å². The number of nitrogens with zero attached hydrogens (tertiary/aromatic N) is 3. The molecule has 226 valence electrons. The fourth-order valence-corrected chi connectivity index (χ4v) is 10.2. The minimum absolute atomic E-state index is 0.00578. The molecule has 0 amide bonds. The van der Waals surface area contributed by atoms with Crippen LogP contribution in [0.4, 0.5) is 0 Å². The van der Waals surface area contributed by atoms with Crippen LogP contribution in [0.5, 0.6) is 0 Å². The minimum atomic E-state index is -1.34. The van der Waals surface area contributed by atoms with Crippen LogP contribution in [0.1, 0.15) is 69.9 Å². The van der Waals surface area contributed by atoms with Gasteiger partial charge in [-0.15, -0.1) is 0 Å². The Balaban J connectivity index is 1.38. The number of fused-ring (bicyclic) bond motifs is 5. The normalized spacial score (nSPS) is 41.2. The van der Waals surface area contributed by atoms with Crippen molar-refractivity contribution in [1.82, 2.24) is 9.97 Å². The molecule has 2 saturated heterocycles. The first kappa shape index (κ1) is 27.7. The Morgan fingerprint density at radius 3 is 2.63 bits per heavy atom. The van der Waals surface area contributed by atoms with Gasteiger partial charge in [-0.2, -0.15) is 0 Å². The third-order valence-corrected chi connectivity index (χ3v) is 11.7. The Bertz CT molecular complexity index is 1640. The summed E-state index contributed by atoms with van der Waals surface area (Å²) in [5, 5.41) is 45.4. The number of para-hydroxylation sites is 1. The number of quaternary nitrogens is 2. The van der Waals surface area contributed by atoms with Gasteiger partial charge < -0.3 is 29.8 Å². The van der Waals surface area contributed by atoms with Crippen molar-refractivity contribution >= 4 is 27.4 Å². The van der Waals surface area contributed by atoms with Crippen LogP contribution in [-0.4, -0.2) is 68.2 Å². The number of hydrogen-bond acceptors (Lipinski definition) is 4. The molecule has 0 saturated carbocycles. The highest BCUT2D eigenvalue weighted by atomic mass is 16.6. The van der Waals surface area contributed by atoms with Crippen molar-refractivity contribution in [3.63, 3.8) is 0 Å². The van der Waals surface area contributed by atoms with Gasteiger partial charge in [0.25, 0.3) is 0 Å². The van der Waals surface area contributed by atoms with E-state index in [0.29, 0.717) is 45.4 Å². The lowest BCUT2D eigenvalue weighted by Gasteiger charge is -2.63.